The summed E-state index contributed by atoms with van der Waals surface area (Å²) >= 11 is 5.85. The second-order valence-electron chi connectivity index (χ2n) is 4.85. The Bertz CT molecular complexity index is 920. The molecule has 0 saturated carbocycles. The Labute approximate surface area is 140 Å². The smallest absolute Gasteiger partial charge is 0.363 e. The fraction of sp³-hybridized carbons (Fsp3) is 0. The van der Waals surface area contributed by atoms with E-state index in [1.807, 2.05) is 0 Å². The van der Waals surface area contributed by atoms with Crippen LogP contribution in [0.3, 0.4) is 0 Å². The van der Waals surface area contributed by atoms with Crippen molar-refractivity contribution in [1.29, 1.82) is 0 Å². The van der Waals surface area contributed by atoms with Crippen molar-refractivity contribution in [3.63, 3.8) is 0 Å². The van der Waals surface area contributed by atoms with Crippen LogP contribution in [0.5, 0.6) is 5.75 Å². The van der Waals surface area contributed by atoms with Crippen molar-refractivity contribution < 1.29 is 19.6 Å². The first kappa shape index (κ1) is 15.7. The number of carbonyl (C=O) groups is 1. The predicted octanol–water partition coefficient (Wildman–Crippen LogP) is 3.30. The summed E-state index contributed by atoms with van der Waals surface area (Å²) in [6, 6.07) is 9.95. The number of carbonyl (C=O) groups excluding carboxylic acids is 1. The van der Waals surface area contributed by atoms with E-state index < -0.39 is 10.9 Å². The van der Waals surface area contributed by atoms with Gasteiger partial charge in [-0.1, -0.05) is 17.7 Å². The molecular weight excluding hydrogens is 336 g/mol. The molecule has 0 atom stereocenters. The highest BCUT2D eigenvalue weighted by atomic mass is 35.5. The number of non-ortho nitro benzene ring substituents is 1. The van der Waals surface area contributed by atoms with Crippen LogP contribution in [0.15, 0.2) is 53.2 Å². The van der Waals surface area contributed by atoms with Gasteiger partial charge < -0.3 is 9.84 Å². The number of aromatic hydroxyl groups is 1. The standard InChI is InChI=1S/C16H9ClN2O5/c17-11-4-5-14(20)10(6-11)8-13-16(21)24-15(18-13)9-2-1-3-12(7-9)19(22)23/h1-8,20H. The second kappa shape index (κ2) is 6.13. The lowest BCUT2D eigenvalue weighted by atomic mass is 10.1. The summed E-state index contributed by atoms with van der Waals surface area (Å²) in [6.45, 7) is 0. The molecule has 0 amide bonds. The molecule has 2 aromatic carbocycles. The van der Waals surface area contributed by atoms with Gasteiger partial charge in [0.05, 0.1) is 4.92 Å². The van der Waals surface area contributed by atoms with Crippen LogP contribution in [0.1, 0.15) is 11.1 Å². The van der Waals surface area contributed by atoms with Crippen molar-refractivity contribution in [2.45, 2.75) is 0 Å². The summed E-state index contributed by atoms with van der Waals surface area (Å²) in [7, 11) is 0. The number of cyclic esters (lactones) is 1. The second-order valence-corrected chi connectivity index (χ2v) is 5.28. The Morgan fingerprint density at radius 3 is 2.79 bits per heavy atom. The first-order chi connectivity index (χ1) is 11.4. The lowest BCUT2D eigenvalue weighted by molar-refractivity contribution is -0.384. The molecule has 120 valence electrons. The van der Waals surface area contributed by atoms with Crippen LogP contribution in [-0.4, -0.2) is 21.9 Å². The number of ether oxygens (including phenoxy) is 1. The number of halogens is 1. The molecule has 0 aliphatic carbocycles. The highest BCUT2D eigenvalue weighted by Gasteiger charge is 2.25. The molecule has 1 heterocycles. The lowest BCUT2D eigenvalue weighted by Crippen LogP contribution is -2.05. The maximum atomic E-state index is 11.9. The molecule has 0 fully saturated rings. The van der Waals surface area contributed by atoms with Crippen LogP contribution in [-0.2, 0) is 9.53 Å². The molecule has 2 aromatic rings. The Hall–Kier alpha value is -3.19. The normalized spacial score (nSPS) is 15.3. The van der Waals surface area contributed by atoms with Gasteiger partial charge in [0.2, 0.25) is 5.90 Å². The highest BCUT2D eigenvalue weighted by molar-refractivity contribution is 6.30. The number of aliphatic imine (C=N–C) groups is 1. The van der Waals surface area contributed by atoms with Crippen molar-refractivity contribution in [3.05, 3.63) is 74.4 Å². The van der Waals surface area contributed by atoms with E-state index in [1.165, 1.54) is 42.5 Å². The first-order valence-corrected chi connectivity index (χ1v) is 7.08. The van der Waals surface area contributed by atoms with Crippen LogP contribution in [0, 0.1) is 10.1 Å². The largest absolute Gasteiger partial charge is 0.507 e. The van der Waals surface area contributed by atoms with Crippen molar-refractivity contribution in [1.82, 2.24) is 0 Å². The van der Waals surface area contributed by atoms with Crippen molar-refractivity contribution in [2.75, 3.05) is 0 Å². The summed E-state index contributed by atoms with van der Waals surface area (Å²) in [5.74, 6) is -0.842. The Morgan fingerprint density at radius 1 is 1.25 bits per heavy atom. The third-order valence-corrected chi connectivity index (χ3v) is 3.44. The lowest BCUT2D eigenvalue weighted by Gasteiger charge is -1.99. The fourth-order valence-corrected chi connectivity index (χ4v) is 2.25. The van der Waals surface area contributed by atoms with E-state index in [0.717, 1.165) is 0 Å². The number of rotatable bonds is 3. The molecule has 0 unspecified atom stereocenters. The average Bonchev–Trinajstić information content (AvgIpc) is 2.92. The number of nitrogens with zero attached hydrogens (tertiary/aromatic N) is 2. The maximum absolute atomic E-state index is 11.9. The highest BCUT2D eigenvalue weighted by Crippen LogP contribution is 2.27. The molecule has 0 saturated heterocycles. The van der Waals surface area contributed by atoms with Gasteiger partial charge in [-0.2, -0.15) is 0 Å². The summed E-state index contributed by atoms with van der Waals surface area (Å²) in [4.78, 5) is 26.2. The van der Waals surface area contributed by atoms with Crippen LogP contribution < -0.4 is 0 Å². The van der Waals surface area contributed by atoms with Gasteiger partial charge in [0, 0.05) is 28.3 Å². The summed E-state index contributed by atoms with van der Waals surface area (Å²) < 4.78 is 5.04. The van der Waals surface area contributed by atoms with Gasteiger partial charge in [0.25, 0.3) is 5.69 Å². The SMILES string of the molecule is O=C1OC(c2cccc([N+](=O)[O-])c2)=NC1=Cc1cc(Cl)ccc1O. The quantitative estimate of drug-likeness (QED) is 0.398. The molecule has 8 heteroatoms. The molecule has 0 bridgehead atoms. The minimum atomic E-state index is -0.726. The Morgan fingerprint density at radius 2 is 2.04 bits per heavy atom. The van der Waals surface area contributed by atoms with E-state index in [2.05, 4.69) is 4.99 Å². The molecule has 1 aliphatic heterocycles. The topological polar surface area (TPSA) is 102 Å². The number of nitro groups is 1. The first-order valence-electron chi connectivity index (χ1n) is 6.70. The molecule has 24 heavy (non-hydrogen) atoms. The fourth-order valence-electron chi connectivity index (χ4n) is 2.07. The van der Waals surface area contributed by atoms with Crippen molar-refractivity contribution in [2.24, 2.45) is 4.99 Å². The van der Waals surface area contributed by atoms with Crippen LogP contribution in [0.2, 0.25) is 5.02 Å². The monoisotopic (exact) mass is 344 g/mol. The minimum absolute atomic E-state index is 0.0449. The van der Waals surface area contributed by atoms with E-state index in [0.29, 0.717) is 16.1 Å². The van der Waals surface area contributed by atoms with Gasteiger partial charge in [-0.3, -0.25) is 10.1 Å². The van der Waals surface area contributed by atoms with Gasteiger partial charge in [0.1, 0.15) is 5.75 Å². The van der Waals surface area contributed by atoms with Crippen LogP contribution >= 0.6 is 11.6 Å². The number of phenols is 1. The predicted molar refractivity (Wildman–Crippen MR) is 86.8 cm³/mol. The minimum Gasteiger partial charge on any atom is -0.507 e. The van der Waals surface area contributed by atoms with Crippen LogP contribution in [0.25, 0.3) is 6.08 Å². The number of nitro benzene ring substituents is 1. The number of phenolic OH excluding ortho intramolecular Hbond substituents is 1. The van der Waals surface area contributed by atoms with Gasteiger partial charge in [-0.25, -0.2) is 9.79 Å². The Balaban J connectivity index is 1.99. The zero-order chi connectivity index (χ0) is 17.3. The third kappa shape index (κ3) is 3.11. The van der Waals surface area contributed by atoms with E-state index in [1.54, 1.807) is 6.07 Å². The molecule has 0 radical (unpaired) electrons. The van der Waals surface area contributed by atoms with Gasteiger partial charge in [-0.15, -0.1) is 0 Å². The van der Waals surface area contributed by atoms with Gasteiger partial charge in [-0.05, 0) is 30.3 Å². The Kier molecular flexibility index (Phi) is 4.01. The van der Waals surface area contributed by atoms with Gasteiger partial charge >= 0.3 is 5.97 Å². The molecule has 0 aromatic heterocycles. The summed E-state index contributed by atoms with van der Waals surface area (Å²) in [5.41, 5.74) is 0.417. The summed E-state index contributed by atoms with van der Waals surface area (Å²) in [5, 5.41) is 21.0. The van der Waals surface area contributed by atoms with Gasteiger partial charge in [0.15, 0.2) is 5.70 Å². The average molecular weight is 345 g/mol. The molecule has 1 N–H and O–H groups in total. The van der Waals surface area contributed by atoms with Crippen molar-refractivity contribution >= 4 is 35.2 Å². The number of esters is 1. The van der Waals surface area contributed by atoms with Crippen LogP contribution in [0.4, 0.5) is 5.69 Å². The van der Waals surface area contributed by atoms with E-state index >= 15 is 0 Å². The number of hydrogen-bond donors (Lipinski definition) is 1. The van der Waals surface area contributed by atoms with E-state index in [4.69, 9.17) is 16.3 Å². The van der Waals surface area contributed by atoms with Crippen molar-refractivity contribution in [3.8, 4) is 5.75 Å². The molecular formula is C16H9ClN2O5. The van der Waals surface area contributed by atoms with E-state index in [-0.39, 0.29) is 23.0 Å². The van der Waals surface area contributed by atoms with E-state index in [9.17, 15) is 20.0 Å². The third-order valence-electron chi connectivity index (χ3n) is 3.21. The molecule has 3 rings (SSSR count). The number of hydrogen-bond acceptors (Lipinski definition) is 6. The maximum Gasteiger partial charge on any atom is 0.363 e. The summed E-state index contributed by atoms with van der Waals surface area (Å²) in [6.07, 6.45) is 1.33. The molecule has 7 nitrogen and oxygen atoms in total. The molecule has 0 spiro atoms. The zero-order valence-corrected chi connectivity index (χ0v) is 12.7. The number of benzene rings is 2. The zero-order valence-electron chi connectivity index (χ0n) is 12.0. The molecule has 1 aliphatic rings.